The van der Waals surface area contributed by atoms with Crippen molar-refractivity contribution in [3.8, 4) is 0 Å². The first-order valence-corrected chi connectivity index (χ1v) is 10.7. The average Bonchev–Trinajstić information content (AvgIpc) is 3.20. The molecule has 2 heterocycles. The molecule has 0 unspecified atom stereocenters. The molecule has 1 aliphatic heterocycles. The Morgan fingerprint density at radius 2 is 1.71 bits per heavy atom. The molecular formula is C25H28N4O2. The SMILES string of the molecule is CCN(C)CCCn1c(C)c(C2=C(Nc3ccccc3)C(=O)NC2=O)c2ccccc21. The molecule has 2 aromatic carbocycles. The Kier molecular flexibility index (Phi) is 5.91. The van der Waals surface area contributed by atoms with Gasteiger partial charge >= 0.3 is 0 Å². The first-order chi connectivity index (χ1) is 15.0. The molecule has 1 aliphatic rings. The average molecular weight is 417 g/mol. The number of carbonyl (C=O) groups is 2. The Bertz CT molecular complexity index is 1160. The topological polar surface area (TPSA) is 66.4 Å². The Morgan fingerprint density at radius 1 is 1.00 bits per heavy atom. The molecule has 0 saturated heterocycles. The molecule has 6 nitrogen and oxygen atoms in total. The Labute approximate surface area is 182 Å². The lowest BCUT2D eigenvalue weighted by molar-refractivity contribution is -0.123. The fraction of sp³-hybridized carbons (Fsp3) is 0.280. The summed E-state index contributed by atoms with van der Waals surface area (Å²) < 4.78 is 2.26. The largest absolute Gasteiger partial charge is 0.350 e. The predicted molar refractivity (Wildman–Crippen MR) is 125 cm³/mol. The number of aryl methyl sites for hydroxylation is 1. The van der Waals surface area contributed by atoms with Gasteiger partial charge in [0, 0.05) is 34.4 Å². The highest BCUT2D eigenvalue weighted by Gasteiger charge is 2.34. The first-order valence-electron chi connectivity index (χ1n) is 10.7. The van der Waals surface area contributed by atoms with E-state index in [1.165, 1.54) is 0 Å². The zero-order valence-electron chi connectivity index (χ0n) is 18.2. The highest BCUT2D eigenvalue weighted by Crippen LogP contribution is 2.35. The number of amides is 2. The summed E-state index contributed by atoms with van der Waals surface area (Å²) >= 11 is 0. The van der Waals surface area contributed by atoms with Crippen LogP contribution in [-0.2, 0) is 16.1 Å². The van der Waals surface area contributed by atoms with Crippen LogP contribution in [0.5, 0.6) is 0 Å². The van der Waals surface area contributed by atoms with Crippen LogP contribution in [0, 0.1) is 6.92 Å². The van der Waals surface area contributed by atoms with E-state index in [9.17, 15) is 9.59 Å². The smallest absolute Gasteiger partial charge is 0.275 e. The van der Waals surface area contributed by atoms with Crippen molar-refractivity contribution in [2.24, 2.45) is 0 Å². The standard InChI is InChI=1S/C25H28N4O2/c1-4-28(3)15-10-16-29-17(2)21(19-13-8-9-14-20(19)29)22-23(25(31)27-24(22)30)26-18-11-6-5-7-12-18/h5-9,11-14H,4,10,15-16H2,1-3H3,(H2,26,27,30,31). The molecule has 0 aliphatic carbocycles. The maximum atomic E-state index is 12.9. The van der Waals surface area contributed by atoms with Crippen LogP contribution in [0.15, 0.2) is 60.3 Å². The summed E-state index contributed by atoms with van der Waals surface area (Å²) in [6.07, 6.45) is 1.00. The Balaban J connectivity index is 1.81. The molecule has 1 aromatic heterocycles. The third-order valence-corrected chi connectivity index (χ3v) is 5.92. The number of benzene rings is 2. The Hall–Kier alpha value is -3.38. The van der Waals surface area contributed by atoms with Gasteiger partial charge in [-0.1, -0.05) is 43.3 Å². The molecule has 4 rings (SSSR count). The molecule has 0 saturated carbocycles. The molecule has 3 aromatic rings. The van der Waals surface area contributed by atoms with Crippen LogP contribution in [-0.4, -0.2) is 41.4 Å². The van der Waals surface area contributed by atoms with Crippen molar-refractivity contribution < 1.29 is 9.59 Å². The van der Waals surface area contributed by atoms with Gasteiger partial charge in [-0.15, -0.1) is 0 Å². The van der Waals surface area contributed by atoms with Crippen LogP contribution >= 0.6 is 0 Å². The minimum atomic E-state index is -0.398. The summed E-state index contributed by atoms with van der Waals surface area (Å²) in [7, 11) is 2.12. The molecule has 0 atom stereocenters. The minimum Gasteiger partial charge on any atom is -0.350 e. The van der Waals surface area contributed by atoms with Crippen molar-refractivity contribution in [3.63, 3.8) is 0 Å². The van der Waals surface area contributed by atoms with Gasteiger partial charge in [0.1, 0.15) is 5.70 Å². The summed E-state index contributed by atoms with van der Waals surface area (Å²) in [5, 5.41) is 6.62. The number of fused-ring (bicyclic) bond motifs is 1. The van der Waals surface area contributed by atoms with Crippen LogP contribution in [0.1, 0.15) is 24.6 Å². The molecule has 0 fully saturated rings. The lowest BCUT2D eigenvalue weighted by atomic mass is 10.0. The van der Waals surface area contributed by atoms with E-state index in [2.05, 4.69) is 40.1 Å². The highest BCUT2D eigenvalue weighted by molar-refractivity contribution is 6.38. The van der Waals surface area contributed by atoms with Gasteiger partial charge in [0.2, 0.25) is 0 Å². The van der Waals surface area contributed by atoms with Crippen molar-refractivity contribution >= 4 is 34.0 Å². The third-order valence-electron chi connectivity index (χ3n) is 5.92. The van der Waals surface area contributed by atoms with Gasteiger partial charge in [-0.05, 0) is 51.7 Å². The van der Waals surface area contributed by atoms with Gasteiger partial charge in [-0.25, -0.2) is 0 Å². The number of anilines is 1. The summed E-state index contributed by atoms with van der Waals surface area (Å²) in [6, 6.07) is 17.5. The number of hydrogen-bond donors (Lipinski definition) is 2. The second kappa shape index (κ2) is 8.78. The predicted octanol–water partition coefficient (Wildman–Crippen LogP) is 3.77. The number of hydrogen-bond acceptors (Lipinski definition) is 4. The maximum Gasteiger partial charge on any atom is 0.275 e. The van der Waals surface area contributed by atoms with E-state index >= 15 is 0 Å². The van der Waals surface area contributed by atoms with Gasteiger partial charge in [-0.2, -0.15) is 0 Å². The lowest BCUT2D eigenvalue weighted by Crippen LogP contribution is -2.24. The van der Waals surface area contributed by atoms with Crippen LogP contribution < -0.4 is 10.6 Å². The molecule has 0 radical (unpaired) electrons. The normalized spacial score (nSPS) is 14.1. The maximum absolute atomic E-state index is 12.9. The van der Waals surface area contributed by atoms with Crippen LogP contribution in [0.25, 0.3) is 16.5 Å². The number of nitrogens with zero attached hydrogens (tertiary/aromatic N) is 2. The lowest BCUT2D eigenvalue weighted by Gasteiger charge is -2.15. The van der Waals surface area contributed by atoms with Gasteiger partial charge < -0.3 is 14.8 Å². The van der Waals surface area contributed by atoms with Crippen molar-refractivity contribution in [3.05, 3.63) is 71.6 Å². The van der Waals surface area contributed by atoms with Gasteiger partial charge in [-0.3, -0.25) is 14.9 Å². The number of rotatable bonds is 8. The zero-order chi connectivity index (χ0) is 22.0. The zero-order valence-corrected chi connectivity index (χ0v) is 18.2. The molecule has 31 heavy (non-hydrogen) atoms. The van der Waals surface area contributed by atoms with E-state index in [-0.39, 0.29) is 5.91 Å². The number of nitrogens with one attached hydrogen (secondary N) is 2. The Morgan fingerprint density at radius 3 is 2.45 bits per heavy atom. The van der Waals surface area contributed by atoms with Crippen LogP contribution in [0.4, 0.5) is 5.69 Å². The van der Waals surface area contributed by atoms with Gasteiger partial charge in [0.15, 0.2) is 0 Å². The van der Waals surface area contributed by atoms with Gasteiger partial charge in [0.25, 0.3) is 11.8 Å². The summed E-state index contributed by atoms with van der Waals surface area (Å²) in [5.41, 5.74) is 4.37. The molecule has 0 bridgehead atoms. The van der Waals surface area contributed by atoms with Crippen LogP contribution in [0.2, 0.25) is 0 Å². The fourth-order valence-electron chi connectivity index (χ4n) is 4.17. The van der Waals surface area contributed by atoms with Crippen molar-refractivity contribution in [1.82, 2.24) is 14.8 Å². The van der Waals surface area contributed by atoms with E-state index in [4.69, 9.17) is 0 Å². The second-order valence-corrected chi connectivity index (χ2v) is 7.90. The number of para-hydroxylation sites is 2. The quantitative estimate of drug-likeness (QED) is 0.549. The summed E-state index contributed by atoms with van der Waals surface area (Å²) in [5.74, 6) is -0.759. The second-order valence-electron chi connectivity index (χ2n) is 7.90. The number of imide groups is 1. The van der Waals surface area contributed by atoms with E-state index in [1.54, 1.807) is 0 Å². The van der Waals surface area contributed by atoms with Gasteiger partial charge in [0.05, 0.1) is 5.57 Å². The van der Waals surface area contributed by atoms with E-state index in [1.807, 2.05) is 55.5 Å². The molecule has 160 valence electrons. The molecular weight excluding hydrogens is 388 g/mol. The van der Waals surface area contributed by atoms with E-state index in [0.29, 0.717) is 11.3 Å². The molecule has 2 N–H and O–H groups in total. The minimum absolute atomic E-state index is 0.299. The monoisotopic (exact) mass is 416 g/mol. The van der Waals surface area contributed by atoms with Crippen molar-refractivity contribution in [2.45, 2.75) is 26.8 Å². The molecule has 0 spiro atoms. The summed E-state index contributed by atoms with van der Waals surface area (Å²) in [6.45, 7) is 7.04. The highest BCUT2D eigenvalue weighted by atomic mass is 16.2. The molecule has 2 amide bonds. The first kappa shape index (κ1) is 20.9. The van der Waals surface area contributed by atoms with Crippen LogP contribution in [0.3, 0.4) is 0 Å². The van der Waals surface area contributed by atoms with Crippen molar-refractivity contribution in [2.75, 3.05) is 25.5 Å². The number of aromatic nitrogens is 1. The van der Waals surface area contributed by atoms with Crippen molar-refractivity contribution in [1.29, 1.82) is 0 Å². The molecule has 6 heteroatoms. The van der Waals surface area contributed by atoms with E-state index in [0.717, 1.165) is 53.9 Å². The third kappa shape index (κ3) is 3.99. The number of carbonyl (C=O) groups excluding carboxylic acids is 2. The van der Waals surface area contributed by atoms with E-state index < -0.39 is 5.91 Å². The summed E-state index contributed by atoms with van der Waals surface area (Å²) in [4.78, 5) is 27.8. The fourth-order valence-corrected chi connectivity index (χ4v) is 4.17.